The number of nitrogens with zero attached hydrogens (tertiary/aromatic N) is 3. The van der Waals surface area contributed by atoms with Gasteiger partial charge in [-0.15, -0.1) is 0 Å². The van der Waals surface area contributed by atoms with Crippen LogP contribution in [0.1, 0.15) is 24.8 Å². The standard InChI is InChI=1S/C13H16N4/c1-2-12(3-1)15-13-6-9-17(16-13)10-11-4-7-14-8-5-11/h4-9,12H,1-3,10H2,(H,15,16). The van der Waals surface area contributed by atoms with Crippen LogP contribution < -0.4 is 5.32 Å². The van der Waals surface area contributed by atoms with E-state index in [-0.39, 0.29) is 0 Å². The van der Waals surface area contributed by atoms with E-state index in [1.807, 2.05) is 41.5 Å². The highest BCUT2D eigenvalue weighted by Crippen LogP contribution is 2.22. The first-order chi connectivity index (χ1) is 8.40. The Balaban J connectivity index is 1.64. The molecular formula is C13H16N4. The van der Waals surface area contributed by atoms with Gasteiger partial charge in [-0.1, -0.05) is 0 Å². The third kappa shape index (κ3) is 2.46. The molecule has 0 spiro atoms. The topological polar surface area (TPSA) is 42.7 Å². The number of nitrogens with one attached hydrogen (secondary N) is 1. The lowest BCUT2D eigenvalue weighted by molar-refractivity contribution is 0.444. The molecule has 17 heavy (non-hydrogen) atoms. The third-order valence-electron chi connectivity index (χ3n) is 3.19. The van der Waals surface area contributed by atoms with Gasteiger partial charge in [0.15, 0.2) is 0 Å². The predicted molar refractivity (Wildman–Crippen MR) is 66.8 cm³/mol. The minimum absolute atomic E-state index is 0.638. The van der Waals surface area contributed by atoms with Crippen LogP contribution in [0.4, 0.5) is 5.82 Å². The SMILES string of the molecule is c1cc(Cn2ccc(NC3CCC3)n2)ccn1. The lowest BCUT2D eigenvalue weighted by Gasteiger charge is -2.26. The molecule has 0 saturated heterocycles. The molecule has 1 N–H and O–H groups in total. The molecular weight excluding hydrogens is 212 g/mol. The number of aromatic nitrogens is 3. The molecule has 4 heteroatoms. The van der Waals surface area contributed by atoms with Crippen LogP contribution in [0.5, 0.6) is 0 Å². The van der Waals surface area contributed by atoms with E-state index in [2.05, 4.69) is 15.4 Å². The molecule has 0 radical (unpaired) electrons. The van der Waals surface area contributed by atoms with Crippen molar-refractivity contribution in [3.8, 4) is 0 Å². The van der Waals surface area contributed by atoms with E-state index < -0.39 is 0 Å². The second-order valence-electron chi connectivity index (χ2n) is 4.53. The Kier molecular flexibility index (Phi) is 2.78. The van der Waals surface area contributed by atoms with Gasteiger partial charge in [0, 0.05) is 30.7 Å². The van der Waals surface area contributed by atoms with E-state index in [0.29, 0.717) is 6.04 Å². The van der Waals surface area contributed by atoms with Crippen molar-refractivity contribution >= 4 is 5.82 Å². The van der Waals surface area contributed by atoms with Crippen molar-refractivity contribution in [2.45, 2.75) is 31.8 Å². The molecule has 0 bridgehead atoms. The van der Waals surface area contributed by atoms with Crippen molar-refractivity contribution in [3.05, 3.63) is 42.4 Å². The number of anilines is 1. The van der Waals surface area contributed by atoms with Crippen LogP contribution in [0.3, 0.4) is 0 Å². The summed E-state index contributed by atoms with van der Waals surface area (Å²) in [6, 6.07) is 6.71. The minimum Gasteiger partial charge on any atom is -0.366 e. The summed E-state index contributed by atoms with van der Waals surface area (Å²) in [5.74, 6) is 0.990. The second kappa shape index (κ2) is 4.57. The van der Waals surface area contributed by atoms with Crippen molar-refractivity contribution in [3.63, 3.8) is 0 Å². The Bertz CT molecular complexity index is 473. The zero-order valence-electron chi connectivity index (χ0n) is 9.71. The molecule has 0 atom stereocenters. The van der Waals surface area contributed by atoms with Gasteiger partial charge < -0.3 is 5.32 Å². The highest BCUT2D eigenvalue weighted by Gasteiger charge is 2.17. The van der Waals surface area contributed by atoms with Gasteiger partial charge in [0.25, 0.3) is 0 Å². The molecule has 3 rings (SSSR count). The monoisotopic (exact) mass is 228 g/mol. The lowest BCUT2D eigenvalue weighted by Crippen LogP contribution is -2.27. The number of rotatable bonds is 4. The van der Waals surface area contributed by atoms with Crippen LogP contribution >= 0.6 is 0 Å². The fourth-order valence-corrected chi connectivity index (χ4v) is 1.96. The zero-order chi connectivity index (χ0) is 11.5. The van der Waals surface area contributed by atoms with E-state index in [0.717, 1.165) is 12.4 Å². The van der Waals surface area contributed by atoms with Crippen LogP contribution in [0.15, 0.2) is 36.8 Å². The molecule has 88 valence electrons. The quantitative estimate of drug-likeness (QED) is 0.873. The van der Waals surface area contributed by atoms with Gasteiger partial charge in [-0.05, 0) is 37.0 Å². The Hall–Kier alpha value is -1.84. The van der Waals surface area contributed by atoms with Crippen molar-refractivity contribution in [2.75, 3.05) is 5.32 Å². The molecule has 0 amide bonds. The highest BCUT2D eigenvalue weighted by atomic mass is 15.3. The van der Waals surface area contributed by atoms with Crippen molar-refractivity contribution in [2.24, 2.45) is 0 Å². The fraction of sp³-hybridized carbons (Fsp3) is 0.385. The first-order valence-electron chi connectivity index (χ1n) is 6.09. The summed E-state index contributed by atoms with van der Waals surface area (Å²) in [4.78, 5) is 4.01. The average Bonchev–Trinajstić information content (AvgIpc) is 2.73. The van der Waals surface area contributed by atoms with E-state index in [9.17, 15) is 0 Å². The van der Waals surface area contributed by atoms with Gasteiger partial charge in [0.1, 0.15) is 5.82 Å². The summed E-state index contributed by atoms with van der Waals surface area (Å²) in [5.41, 5.74) is 1.22. The van der Waals surface area contributed by atoms with Gasteiger partial charge >= 0.3 is 0 Å². The molecule has 1 aliphatic rings. The van der Waals surface area contributed by atoms with E-state index >= 15 is 0 Å². The van der Waals surface area contributed by atoms with E-state index in [1.165, 1.54) is 24.8 Å². The summed E-state index contributed by atoms with van der Waals surface area (Å²) in [6.07, 6.45) is 9.53. The Morgan fingerprint density at radius 2 is 2.06 bits per heavy atom. The molecule has 4 nitrogen and oxygen atoms in total. The summed E-state index contributed by atoms with van der Waals surface area (Å²) >= 11 is 0. The summed E-state index contributed by atoms with van der Waals surface area (Å²) in [6.45, 7) is 0.800. The third-order valence-corrected chi connectivity index (χ3v) is 3.19. The Morgan fingerprint density at radius 1 is 1.24 bits per heavy atom. The summed E-state index contributed by atoms with van der Waals surface area (Å²) < 4.78 is 1.95. The largest absolute Gasteiger partial charge is 0.366 e. The molecule has 0 unspecified atom stereocenters. The normalized spacial score (nSPS) is 15.5. The molecule has 1 fully saturated rings. The Labute approximate surface area is 101 Å². The van der Waals surface area contributed by atoms with Gasteiger partial charge in [0.2, 0.25) is 0 Å². The zero-order valence-corrected chi connectivity index (χ0v) is 9.71. The van der Waals surface area contributed by atoms with Crippen LogP contribution in [0, 0.1) is 0 Å². The molecule has 0 aliphatic heterocycles. The average molecular weight is 228 g/mol. The molecule has 0 aromatic carbocycles. The first-order valence-corrected chi connectivity index (χ1v) is 6.09. The number of hydrogen-bond donors (Lipinski definition) is 1. The second-order valence-corrected chi connectivity index (χ2v) is 4.53. The predicted octanol–water partition coefficient (Wildman–Crippen LogP) is 2.29. The van der Waals surface area contributed by atoms with Crippen LogP contribution in [0.2, 0.25) is 0 Å². The highest BCUT2D eigenvalue weighted by molar-refractivity contribution is 5.34. The van der Waals surface area contributed by atoms with Crippen LogP contribution in [-0.2, 0) is 6.54 Å². The maximum absolute atomic E-state index is 4.51. The minimum atomic E-state index is 0.638. The van der Waals surface area contributed by atoms with Gasteiger partial charge in [-0.2, -0.15) is 5.10 Å². The number of hydrogen-bond acceptors (Lipinski definition) is 3. The summed E-state index contributed by atoms with van der Waals surface area (Å²) in [7, 11) is 0. The fourth-order valence-electron chi connectivity index (χ4n) is 1.96. The molecule has 2 aromatic rings. The van der Waals surface area contributed by atoms with Crippen molar-refractivity contribution < 1.29 is 0 Å². The molecule has 2 heterocycles. The van der Waals surface area contributed by atoms with Crippen molar-refractivity contribution in [1.82, 2.24) is 14.8 Å². The van der Waals surface area contributed by atoms with Crippen LogP contribution in [-0.4, -0.2) is 20.8 Å². The summed E-state index contributed by atoms with van der Waals surface area (Å²) in [5, 5.41) is 7.95. The van der Waals surface area contributed by atoms with Crippen molar-refractivity contribution in [1.29, 1.82) is 0 Å². The molecule has 1 aliphatic carbocycles. The van der Waals surface area contributed by atoms with E-state index in [1.54, 1.807) is 0 Å². The smallest absolute Gasteiger partial charge is 0.148 e. The van der Waals surface area contributed by atoms with Gasteiger partial charge in [-0.25, -0.2) is 0 Å². The van der Waals surface area contributed by atoms with E-state index in [4.69, 9.17) is 0 Å². The number of pyridine rings is 1. The van der Waals surface area contributed by atoms with Crippen LogP contribution in [0.25, 0.3) is 0 Å². The lowest BCUT2D eigenvalue weighted by atomic mass is 9.93. The van der Waals surface area contributed by atoms with Gasteiger partial charge in [0.05, 0.1) is 6.54 Å². The van der Waals surface area contributed by atoms with Gasteiger partial charge in [-0.3, -0.25) is 9.67 Å². The first kappa shape index (κ1) is 10.3. The Morgan fingerprint density at radius 3 is 2.76 bits per heavy atom. The molecule has 2 aromatic heterocycles. The maximum Gasteiger partial charge on any atom is 0.148 e. The maximum atomic E-state index is 4.51. The molecule has 1 saturated carbocycles.